The molecule has 0 aromatic carbocycles. The monoisotopic (exact) mass is 357 g/mol. The summed E-state index contributed by atoms with van der Waals surface area (Å²) < 4.78 is 20.3. The van der Waals surface area contributed by atoms with E-state index in [-0.39, 0.29) is 22.7 Å². The predicted octanol–water partition coefficient (Wildman–Crippen LogP) is 2.66. The van der Waals surface area contributed by atoms with Crippen molar-refractivity contribution in [3.63, 3.8) is 0 Å². The Kier molecular flexibility index (Phi) is 4.74. The summed E-state index contributed by atoms with van der Waals surface area (Å²) in [4.78, 5) is 14.9. The van der Waals surface area contributed by atoms with Gasteiger partial charge in [0.25, 0.3) is 0 Å². The molecule has 0 fully saturated rings. The zero-order chi connectivity index (χ0) is 16.6. The van der Waals surface area contributed by atoms with Crippen LogP contribution in [0.3, 0.4) is 0 Å². The Morgan fingerprint density at radius 1 is 1.39 bits per heavy atom. The molecule has 6 nitrogen and oxygen atoms in total. The molecule has 0 aliphatic carbocycles. The largest absolute Gasteiger partial charge is 0.473 e. The lowest BCUT2D eigenvalue weighted by Gasteiger charge is -2.25. The molecule has 0 amide bonds. The molecular formula is C14H17ClFN5OS. The van der Waals surface area contributed by atoms with Gasteiger partial charge in [-0.25, -0.2) is 14.4 Å². The first-order valence-corrected chi connectivity index (χ1v) is 8.79. The number of hydrogen-bond acceptors (Lipinski definition) is 7. The third kappa shape index (κ3) is 3.29. The maximum atomic E-state index is 14.4. The summed E-state index contributed by atoms with van der Waals surface area (Å²) in [5.41, 5.74) is 0.128. The summed E-state index contributed by atoms with van der Waals surface area (Å²) >= 11 is 7.26. The molecule has 0 saturated heterocycles. The van der Waals surface area contributed by atoms with Crippen LogP contribution in [0.25, 0.3) is 10.9 Å². The molecule has 2 aromatic rings. The van der Waals surface area contributed by atoms with Crippen LogP contribution in [0.1, 0.15) is 6.92 Å². The summed E-state index contributed by atoms with van der Waals surface area (Å²) in [5, 5.41) is 3.87. The van der Waals surface area contributed by atoms with Gasteiger partial charge in [0.15, 0.2) is 16.1 Å². The molecule has 0 radical (unpaired) electrons. The normalized spacial score (nSPS) is 19.3. The van der Waals surface area contributed by atoms with Crippen molar-refractivity contribution in [1.82, 2.24) is 19.9 Å². The highest BCUT2D eigenvalue weighted by Gasteiger charge is 2.23. The predicted molar refractivity (Wildman–Crippen MR) is 90.2 cm³/mol. The number of ether oxygens (including phenoxy) is 1. The third-order valence-corrected chi connectivity index (χ3v) is 4.34. The van der Waals surface area contributed by atoms with E-state index in [4.69, 9.17) is 16.3 Å². The van der Waals surface area contributed by atoms with Gasteiger partial charge in [0.05, 0.1) is 0 Å². The molecule has 1 aliphatic rings. The summed E-state index contributed by atoms with van der Waals surface area (Å²) in [5.74, 6) is 0.112. The maximum Gasteiger partial charge on any atom is 0.228 e. The Bertz CT molecular complexity index is 747. The molecule has 1 unspecified atom stereocenters. The topological polar surface area (TPSA) is 63.2 Å². The first-order valence-electron chi connectivity index (χ1n) is 7.19. The number of pyridine rings is 1. The van der Waals surface area contributed by atoms with Gasteiger partial charge < -0.3 is 15.0 Å². The van der Waals surface area contributed by atoms with E-state index >= 15 is 0 Å². The van der Waals surface area contributed by atoms with E-state index in [2.05, 4.69) is 25.2 Å². The number of nitrogens with one attached hydrogen (secondary N) is 1. The van der Waals surface area contributed by atoms with Gasteiger partial charge in [0.2, 0.25) is 5.88 Å². The van der Waals surface area contributed by atoms with Crippen molar-refractivity contribution in [3.05, 3.63) is 11.0 Å². The molecule has 9 heteroatoms. The molecule has 2 aromatic heterocycles. The van der Waals surface area contributed by atoms with Gasteiger partial charge in [-0.15, -0.1) is 0 Å². The molecule has 1 N–H and O–H groups in total. The molecule has 3 heterocycles. The fraction of sp³-hybridized carbons (Fsp3) is 0.500. The van der Waals surface area contributed by atoms with Crippen LogP contribution in [0.15, 0.2) is 5.16 Å². The summed E-state index contributed by atoms with van der Waals surface area (Å²) in [7, 11) is 2.01. The Morgan fingerprint density at radius 3 is 2.91 bits per heavy atom. The minimum absolute atomic E-state index is 0.122. The molecular weight excluding hydrogens is 341 g/mol. The highest BCUT2D eigenvalue weighted by atomic mass is 35.5. The first-order chi connectivity index (χ1) is 11.0. The quantitative estimate of drug-likeness (QED) is 0.478. The van der Waals surface area contributed by atoms with Gasteiger partial charge in [-0.1, -0.05) is 23.4 Å². The SMILES string of the molecule is CSc1nc2c3c(nc(Cl)c(F)c3n1)OC(C)CN(C)CCN2. The minimum Gasteiger partial charge on any atom is -0.473 e. The highest BCUT2D eigenvalue weighted by Crippen LogP contribution is 2.35. The molecule has 124 valence electrons. The maximum absolute atomic E-state index is 14.4. The van der Waals surface area contributed by atoms with Crippen LogP contribution in [0.5, 0.6) is 5.88 Å². The van der Waals surface area contributed by atoms with Gasteiger partial charge in [-0.2, -0.15) is 4.98 Å². The summed E-state index contributed by atoms with van der Waals surface area (Å²) in [6, 6.07) is 0. The van der Waals surface area contributed by atoms with Crippen molar-refractivity contribution < 1.29 is 9.13 Å². The van der Waals surface area contributed by atoms with Gasteiger partial charge in [0.1, 0.15) is 22.8 Å². The Morgan fingerprint density at radius 2 is 2.17 bits per heavy atom. The van der Waals surface area contributed by atoms with E-state index in [1.54, 1.807) is 0 Å². The van der Waals surface area contributed by atoms with E-state index in [1.165, 1.54) is 11.8 Å². The molecule has 23 heavy (non-hydrogen) atoms. The fourth-order valence-electron chi connectivity index (χ4n) is 2.52. The average molecular weight is 358 g/mol. The first kappa shape index (κ1) is 16.5. The summed E-state index contributed by atoms with van der Waals surface area (Å²) in [6.07, 6.45) is 1.71. The summed E-state index contributed by atoms with van der Waals surface area (Å²) in [6.45, 7) is 4.14. The van der Waals surface area contributed by atoms with Crippen LogP contribution in [-0.2, 0) is 0 Å². The molecule has 3 rings (SSSR count). The third-order valence-electron chi connectivity index (χ3n) is 3.54. The Labute approximate surface area is 142 Å². The number of likely N-dealkylation sites (N-methyl/N-ethyl adjacent to an activating group) is 1. The van der Waals surface area contributed by atoms with Gasteiger partial charge in [-0.05, 0) is 20.2 Å². The minimum atomic E-state index is -0.656. The van der Waals surface area contributed by atoms with Crippen LogP contribution in [0.2, 0.25) is 5.15 Å². The van der Waals surface area contributed by atoms with Crippen LogP contribution in [-0.4, -0.2) is 58.9 Å². The van der Waals surface area contributed by atoms with Crippen molar-refractivity contribution >= 4 is 40.1 Å². The molecule has 1 atom stereocenters. The molecule has 0 saturated carbocycles. The fourth-order valence-corrected chi connectivity index (χ4v) is 3.05. The second kappa shape index (κ2) is 6.62. The number of aromatic nitrogens is 3. The molecule has 1 aliphatic heterocycles. The number of anilines is 1. The van der Waals surface area contributed by atoms with Crippen molar-refractivity contribution in [1.29, 1.82) is 0 Å². The van der Waals surface area contributed by atoms with E-state index < -0.39 is 5.82 Å². The smallest absolute Gasteiger partial charge is 0.228 e. The van der Waals surface area contributed by atoms with Gasteiger partial charge in [-0.3, -0.25) is 0 Å². The second-order valence-corrected chi connectivity index (χ2v) is 6.55. The van der Waals surface area contributed by atoms with Gasteiger partial charge >= 0.3 is 0 Å². The number of hydrogen-bond donors (Lipinski definition) is 1. The Hall–Kier alpha value is -1.38. The lowest BCUT2D eigenvalue weighted by molar-refractivity contribution is 0.160. The zero-order valence-corrected chi connectivity index (χ0v) is 14.6. The molecule has 0 spiro atoms. The molecule has 0 bridgehead atoms. The van der Waals surface area contributed by atoms with Crippen LogP contribution >= 0.6 is 23.4 Å². The van der Waals surface area contributed by atoms with Crippen LogP contribution in [0, 0.1) is 5.82 Å². The zero-order valence-electron chi connectivity index (χ0n) is 13.1. The number of nitrogens with zero attached hydrogens (tertiary/aromatic N) is 4. The second-order valence-electron chi connectivity index (χ2n) is 5.42. The van der Waals surface area contributed by atoms with Crippen molar-refractivity contribution in [3.8, 4) is 5.88 Å². The van der Waals surface area contributed by atoms with E-state index in [0.717, 1.165) is 13.1 Å². The number of rotatable bonds is 1. The lowest BCUT2D eigenvalue weighted by atomic mass is 10.2. The van der Waals surface area contributed by atoms with Crippen molar-refractivity contribution in [2.24, 2.45) is 0 Å². The van der Waals surface area contributed by atoms with E-state index in [9.17, 15) is 4.39 Å². The van der Waals surface area contributed by atoms with Crippen molar-refractivity contribution in [2.75, 3.05) is 38.3 Å². The highest BCUT2D eigenvalue weighted by molar-refractivity contribution is 7.98. The number of halogens is 2. The standard InChI is InChI=1S/C14H17ClFN5OS/c1-7-6-21(2)5-4-17-12-8-10(18-14(20-12)23-3)9(16)11(15)19-13(8)22-7/h7H,4-6H2,1-3H3,(H,17,18,20). The van der Waals surface area contributed by atoms with Crippen LogP contribution in [0.4, 0.5) is 10.2 Å². The lowest BCUT2D eigenvalue weighted by Crippen LogP contribution is -2.35. The van der Waals surface area contributed by atoms with E-state index in [1.807, 2.05) is 20.2 Å². The van der Waals surface area contributed by atoms with E-state index in [0.29, 0.717) is 22.9 Å². The van der Waals surface area contributed by atoms with Crippen molar-refractivity contribution in [2.45, 2.75) is 18.2 Å². The average Bonchev–Trinajstić information content (AvgIpc) is 2.51. The number of thioether (sulfide) groups is 1. The van der Waals surface area contributed by atoms with Crippen LogP contribution < -0.4 is 10.1 Å². The van der Waals surface area contributed by atoms with Gasteiger partial charge in [0, 0.05) is 19.6 Å². The Balaban J connectivity index is 2.25.